The van der Waals surface area contributed by atoms with Gasteiger partial charge >= 0.3 is 6.18 Å². The summed E-state index contributed by atoms with van der Waals surface area (Å²) >= 11 is 0. The largest absolute Gasteiger partial charge is 0.496 e. The van der Waals surface area contributed by atoms with Gasteiger partial charge in [0.1, 0.15) is 11.5 Å². The fraction of sp³-hybridized carbons (Fsp3) is 0.509. The van der Waals surface area contributed by atoms with Gasteiger partial charge in [0.15, 0.2) is 23.8 Å². The van der Waals surface area contributed by atoms with Gasteiger partial charge in [0.05, 0.1) is 30.0 Å². The fourth-order valence-electron chi connectivity index (χ4n) is 10.5. The third-order valence-corrected chi connectivity index (χ3v) is 14.5. The van der Waals surface area contributed by atoms with E-state index in [1.54, 1.807) is 0 Å². The summed E-state index contributed by atoms with van der Waals surface area (Å²) in [5, 5.41) is 0. The number of alkyl halides is 3. The number of hydrogen-bond acceptors (Lipinski definition) is 8. The molecule has 2 saturated heterocycles. The van der Waals surface area contributed by atoms with Crippen LogP contribution < -0.4 is 9.47 Å². The van der Waals surface area contributed by atoms with Crippen molar-refractivity contribution >= 4 is 23.4 Å². The van der Waals surface area contributed by atoms with Crippen molar-refractivity contribution in [2.24, 2.45) is 17.8 Å². The Morgan fingerprint density at radius 2 is 1.14 bits per heavy atom. The Labute approximate surface area is 411 Å². The molecule has 2 spiro atoms. The number of rotatable bonds is 13. The number of amides is 2. The molecule has 2 amide bonds. The smallest absolute Gasteiger partial charge is 0.419 e. The minimum atomic E-state index is -4.62. The zero-order valence-electron chi connectivity index (χ0n) is 41.7. The summed E-state index contributed by atoms with van der Waals surface area (Å²) in [5.74, 6) is 0.436. The molecule has 2 aliphatic heterocycles. The summed E-state index contributed by atoms with van der Waals surface area (Å²) in [6.45, 7) is 14.6. The van der Waals surface area contributed by atoms with Gasteiger partial charge < -0.3 is 28.7 Å². The first kappa shape index (κ1) is 52.3. The molecule has 0 radical (unpaired) electrons. The molecule has 2 unspecified atom stereocenters. The van der Waals surface area contributed by atoms with Crippen LogP contribution in [0.4, 0.5) is 13.2 Å². The molecule has 4 aromatic carbocycles. The van der Waals surface area contributed by atoms with Crippen molar-refractivity contribution in [3.05, 3.63) is 130 Å². The quantitative estimate of drug-likeness (QED) is 0.122. The number of Topliss-reactive ketones (excluding diaryl/α,β-unsaturated/α-hetero) is 2. The van der Waals surface area contributed by atoms with Gasteiger partial charge in [-0.15, -0.1) is 0 Å². The van der Waals surface area contributed by atoms with Crippen molar-refractivity contribution in [1.82, 2.24) is 9.80 Å². The lowest BCUT2D eigenvalue weighted by Gasteiger charge is -2.49. The van der Waals surface area contributed by atoms with Crippen molar-refractivity contribution in [3.8, 4) is 11.5 Å². The fourth-order valence-corrected chi connectivity index (χ4v) is 10.5. The Morgan fingerprint density at radius 3 is 1.57 bits per heavy atom. The van der Waals surface area contributed by atoms with Crippen molar-refractivity contribution in [1.29, 1.82) is 0 Å². The number of morpholine rings is 2. The Kier molecular flexibility index (Phi) is 16.6. The van der Waals surface area contributed by atoms with E-state index >= 15 is 0 Å². The van der Waals surface area contributed by atoms with Gasteiger partial charge in [0, 0.05) is 49.1 Å². The highest BCUT2D eigenvalue weighted by Crippen LogP contribution is 2.46. The van der Waals surface area contributed by atoms with Crippen LogP contribution in [-0.2, 0) is 25.2 Å². The SMILES string of the molecule is CCN1CC2(CCC(C(=O)c3ccc(OC(C)C)c(C)c3)CC2)OC(c2ccccc2)C1=O.COc1ccc(C(=O)C2CCC3(CC2)CN(CCC(C)C)C(=O)C(c2ccccc2)O3)cc1C(F)(F)F. The molecule has 8 rings (SSSR count). The number of methoxy groups -OCH3 is 1. The third kappa shape index (κ3) is 12.1. The van der Waals surface area contributed by atoms with Crippen LogP contribution in [-0.4, -0.2) is 83.8 Å². The van der Waals surface area contributed by atoms with Gasteiger partial charge in [-0.2, -0.15) is 13.2 Å². The number of likely N-dealkylation sites (N-methyl/N-ethyl adjacent to an activating group) is 1. The molecule has 4 aliphatic rings. The second kappa shape index (κ2) is 22.3. The average molecular weight is 967 g/mol. The van der Waals surface area contributed by atoms with E-state index in [9.17, 15) is 32.3 Å². The van der Waals surface area contributed by atoms with E-state index in [-0.39, 0.29) is 52.3 Å². The van der Waals surface area contributed by atoms with Crippen LogP contribution in [0.2, 0.25) is 0 Å². The number of ketones is 2. The Balaban J connectivity index is 0.000000208. The van der Waals surface area contributed by atoms with E-state index in [2.05, 4.69) is 13.8 Å². The Bertz CT molecular complexity index is 2440. The van der Waals surface area contributed by atoms with Crippen molar-refractivity contribution in [2.45, 2.75) is 135 Å². The van der Waals surface area contributed by atoms with E-state index in [0.717, 1.165) is 66.2 Å². The number of benzene rings is 4. The van der Waals surface area contributed by atoms with E-state index in [4.69, 9.17) is 18.9 Å². The summed E-state index contributed by atoms with van der Waals surface area (Å²) in [7, 11) is 1.18. The van der Waals surface area contributed by atoms with Gasteiger partial charge in [0.25, 0.3) is 11.8 Å². The Hall–Kier alpha value is -5.53. The molecule has 4 fully saturated rings. The van der Waals surface area contributed by atoms with E-state index in [1.165, 1.54) is 19.2 Å². The zero-order chi connectivity index (χ0) is 50.4. The summed E-state index contributed by atoms with van der Waals surface area (Å²) in [6, 6.07) is 28.4. The standard InChI is InChI=1S/C29H34F3NO4.C28H35NO4/c1-19(2)13-16-33-18-28(37-26(27(33)35)21-7-5-4-6-8-21)14-11-20(12-15-28)25(34)22-9-10-24(36-3)23(17-22)29(30,31)32;1-5-29-18-28(33-26(27(29)31)22-9-7-6-8-10-22)15-13-21(14-16-28)25(30)23-11-12-24(20(4)17-23)32-19(2)3/h4-10,17,19-20,26H,11-16,18H2,1-3H3;6-12,17,19,21,26H,5,13-16,18H2,1-4H3. The number of hydrogen-bond donors (Lipinski definition) is 0. The van der Waals surface area contributed by atoms with Gasteiger partial charge in [-0.05, 0) is 144 Å². The van der Waals surface area contributed by atoms with Crippen LogP contribution in [0.25, 0.3) is 0 Å². The molecular weight excluding hydrogens is 898 g/mol. The number of aryl methyl sites for hydroxylation is 1. The van der Waals surface area contributed by atoms with E-state index in [0.29, 0.717) is 57.8 Å². The summed E-state index contributed by atoms with van der Waals surface area (Å²) in [5.41, 5.74) is 1.56. The van der Waals surface area contributed by atoms with E-state index < -0.39 is 35.5 Å². The van der Waals surface area contributed by atoms with Gasteiger partial charge in [-0.1, -0.05) is 74.5 Å². The molecule has 2 heterocycles. The maximum absolute atomic E-state index is 13.5. The minimum Gasteiger partial charge on any atom is -0.496 e. The second-order valence-electron chi connectivity index (χ2n) is 20.3. The molecule has 2 atom stereocenters. The van der Waals surface area contributed by atoms with Crippen LogP contribution in [0.1, 0.15) is 148 Å². The number of carbonyl (C=O) groups is 4. The lowest BCUT2D eigenvalue weighted by Crippen LogP contribution is -2.57. The van der Waals surface area contributed by atoms with Crippen molar-refractivity contribution in [2.75, 3.05) is 33.3 Å². The minimum absolute atomic E-state index is 0.0154. The Morgan fingerprint density at radius 1 is 0.686 bits per heavy atom. The summed E-state index contributed by atoms with van der Waals surface area (Å²) in [6.07, 6.45) is 0.286. The van der Waals surface area contributed by atoms with Crippen LogP contribution in [0.5, 0.6) is 11.5 Å². The number of nitrogens with zero attached hydrogens (tertiary/aromatic N) is 2. The lowest BCUT2D eigenvalue weighted by molar-refractivity contribution is -0.193. The molecular formula is C57H69F3N2O8. The highest BCUT2D eigenvalue weighted by Gasteiger charge is 2.50. The van der Waals surface area contributed by atoms with Gasteiger partial charge in [-0.25, -0.2) is 0 Å². The van der Waals surface area contributed by atoms with Crippen LogP contribution in [0.3, 0.4) is 0 Å². The first-order chi connectivity index (χ1) is 33.3. The predicted octanol–water partition coefficient (Wildman–Crippen LogP) is 12.0. The molecule has 2 saturated carbocycles. The maximum atomic E-state index is 13.5. The average Bonchev–Trinajstić information content (AvgIpc) is 3.35. The number of halogens is 3. The molecule has 10 nitrogen and oxygen atoms in total. The molecule has 0 aromatic heterocycles. The van der Waals surface area contributed by atoms with Crippen LogP contribution in [0, 0.1) is 24.7 Å². The molecule has 4 aromatic rings. The van der Waals surface area contributed by atoms with E-state index in [1.807, 2.05) is 116 Å². The highest BCUT2D eigenvalue weighted by molar-refractivity contribution is 5.99. The molecule has 2 aliphatic carbocycles. The maximum Gasteiger partial charge on any atom is 0.419 e. The number of ether oxygens (including phenoxy) is 4. The van der Waals surface area contributed by atoms with Crippen molar-refractivity contribution in [3.63, 3.8) is 0 Å². The lowest BCUT2D eigenvalue weighted by atomic mass is 9.74. The van der Waals surface area contributed by atoms with Crippen LogP contribution >= 0.6 is 0 Å². The van der Waals surface area contributed by atoms with Gasteiger partial charge in [0.2, 0.25) is 0 Å². The number of carbonyl (C=O) groups excluding carboxylic acids is 4. The normalized spacial score (nSPS) is 25.0. The third-order valence-electron chi connectivity index (χ3n) is 14.5. The highest BCUT2D eigenvalue weighted by atomic mass is 19.4. The summed E-state index contributed by atoms with van der Waals surface area (Å²) in [4.78, 5) is 56.6. The molecule has 0 N–H and O–H groups in total. The van der Waals surface area contributed by atoms with Crippen molar-refractivity contribution < 1.29 is 51.3 Å². The van der Waals surface area contributed by atoms with Gasteiger partial charge in [-0.3, -0.25) is 19.2 Å². The van der Waals surface area contributed by atoms with Crippen LogP contribution in [0.15, 0.2) is 97.1 Å². The first-order valence-electron chi connectivity index (χ1n) is 25.0. The first-order valence-corrected chi connectivity index (χ1v) is 25.0. The monoisotopic (exact) mass is 967 g/mol. The molecule has 0 bridgehead atoms. The topological polar surface area (TPSA) is 112 Å². The summed E-state index contributed by atoms with van der Waals surface area (Å²) < 4.78 is 64.1. The zero-order valence-corrected chi connectivity index (χ0v) is 41.7. The molecule has 70 heavy (non-hydrogen) atoms. The predicted molar refractivity (Wildman–Crippen MR) is 262 cm³/mol. The molecule has 13 heteroatoms. The second-order valence-corrected chi connectivity index (χ2v) is 20.3. The molecule has 376 valence electrons.